The summed E-state index contributed by atoms with van der Waals surface area (Å²) in [4.78, 5) is 12.7. The molecule has 1 aliphatic heterocycles. The first-order valence-electron chi connectivity index (χ1n) is 8.65. The summed E-state index contributed by atoms with van der Waals surface area (Å²) in [6.07, 6.45) is 2.31. The van der Waals surface area contributed by atoms with Crippen LogP contribution in [-0.2, 0) is 21.2 Å². The van der Waals surface area contributed by atoms with Crippen molar-refractivity contribution in [1.82, 2.24) is 9.62 Å². The summed E-state index contributed by atoms with van der Waals surface area (Å²) in [6, 6.07) is 9.53. The van der Waals surface area contributed by atoms with E-state index in [1.54, 1.807) is 0 Å². The van der Waals surface area contributed by atoms with Crippen LogP contribution in [-0.4, -0.2) is 43.0 Å². The topological polar surface area (TPSA) is 66.5 Å². The first kappa shape index (κ1) is 18.9. The number of amides is 1. The Balaban J connectivity index is 1.95. The second-order valence-electron chi connectivity index (χ2n) is 6.90. The summed E-state index contributed by atoms with van der Waals surface area (Å²) in [5.41, 5.74) is 1.24. The fraction of sp³-hybridized carbons (Fsp3) is 0.611. The van der Waals surface area contributed by atoms with Gasteiger partial charge in [0.25, 0.3) is 0 Å². The van der Waals surface area contributed by atoms with Gasteiger partial charge < -0.3 is 5.32 Å². The maximum atomic E-state index is 12.7. The van der Waals surface area contributed by atoms with Crippen molar-refractivity contribution < 1.29 is 13.2 Å². The summed E-state index contributed by atoms with van der Waals surface area (Å²) >= 11 is 0. The molecule has 134 valence electrons. The highest BCUT2D eigenvalue weighted by molar-refractivity contribution is 7.89. The van der Waals surface area contributed by atoms with Gasteiger partial charge in [-0.2, -0.15) is 4.31 Å². The number of nitrogens with one attached hydrogen (secondary N) is 1. The Morgan fingerprint density at radius 3 is 2.42 bits per heavy atom. The van der Waals surface area contributed by atoms with Crippen LogP contribution in [0.25, 0.3) is 0 Å². The van der Waals surface area contributed by atoms with Gasteiger partial charge in [-0.3, -0.25) is 4.79 Å². The molecule has 1 aliphatic rings. The molecule has 0 bridgehead atoms. The van der Waals surface area contributed by atoms with Crippen molar-refractivity contribution in [2.45, 2.75) is 52.1 Å². The summed E-state index contributed by atoms with van der Waals surface area (Å²) < 4.78 is 25.7. The minimum atomic E-state index is -3.29. The number of hydrogen-bond donors (Lipinski definition) is 1. The zero-order valence-corrected chi connectivity index (χ0v) is 15.6. The molecule has 0 aliphatic carbocycles. The Kier molecular flexibility index (Phi) is 6.40. The lowest BCUT2D eigenvalue weighted by Crippen LogP contribution is -2.52. The molecule has 5 nitrogen and oxygen atoms in total. The van der Waals surface area contributed by atoms with E-state index < -0.39 is 16.1 Å². The molecule has 1 aromatic rings. The van der Waals surface area contributed by atoms with Gasteiger partial charge in [0.2, 0.25) is 15.9 Å². The van der Waals surface area contributed by atoms with E-state index in [0.717, 1.165) is 12.8 Å². The molecule has 0 aromatic heterocycles. The fourth-order valence-electron chi connectivity index (χ4n) is 3.17. The van der Waals surface area contributed by atoms with Crippen LogP contribution in [0.4, 0.5) is 0 Å². The molecule has 6 heteroatoms. The quantitative estimate of drug-likeness (QED) is 0.818. The van der Waals surface area contributed by atoms with Crippen LogP contribution in [0.15, 0.2) is 30.3 Å². The highest BCUT2D eigenvalue weighted by Gasteiger charge is 2.40. The average molecular weight is 353 g/mol. The zero-order valence-electron chi connectivity index (χ0n) is 14.7. The molecule has 1 N–H and O–H groups in total. The molecule has 0 saturated carbocycles. The van der Waals surface area contributed by atoms with Gasteiger partial charge in [-0.05, 0) is 37.7 Å². The predicted molar refractivity (Wildman–Crippen MR) is 96.1 cm³/mol. The SMILES string of the molecule is CC(C)[C@@H](C(=O)N[C@@H](C)CCc1ccccc1)N1CCCS1(=O)=O. The van der Waals surface area contributed by atoms with Gasteiger partial charge in [-0.15, -0.1) is 0 Å². The van der Waals surface area contributed by atoms with E-state index in [0.29, 0.717) is 13.0 Å². The van der Waals surface area contributed by atoms with Gasteiger partial charge in [-0.25, -0.2) is 8.42 Å². The smallest absolute Gasteiger partial charge is 0.238 e. The second kappa shape index (κ2) is 8.12. The molecule has 1 fully saturated rings. The second-order valence-corrected chi connectivity index (χ2v) is 8.94. The van der Waals surface area contributed by atoms with Crippen molar-refractivity contribution in [3.8, 4) is 0 Å². The Morgan fingerprint density at radius 1 is 1.21 bits per heavy atom. The summed E-state index contributed by atoms with van der Waals surface area (Å²) in [5, 5.41) is 3.00. The number of sulfonamides is 1. The minimum Gasteiger partial charge on any atom is -0.352 e. The minimum absolute atomic E-state index is 0.00395. The highest BCUT2D eigenvalue weighted by Crippen LogP contribution is 2.22. The molecule has 1 amide bonds. The van der Waals surface area contributed by atoms with Crippen LogP contribution in [0.5, 0.6) is 0 Å². The van der Waals surface area contributed by atoms with Crippen LogP contribution in [0, 0.1) is 5.92 Å². The molecule has 1 aromatic carbocycles. The maximum Gasteiger partial charge on any atom is 0.238 e. The van der Waals surface area contributed by atoms with Gasteiger partial charge in [0.15, 0.2) is 0 Å². The Morgan fingerprint density at radius 2 is 1.88 bits per heavy atom. The van der Waals surface area contributed by atoms with Gasteiger partial charge in [0.05, 0.1) is 5.75 Å². The van der Waals surface area contributed by atoms with E-state index in [2.05, 4.69) is 17.4 Å². The van der Waals surface area contributed by atoms with Crippen molar-refractivity contribution in [2.75, 3.05) is 12.3 Å². The normalized spacial score (nSPS) is 20.0. The highest BCUT2D eigenvalue weighted by atomic mass is 32.2. The number of nitrogens with zero attached hydrogens (tertiary/aromatic N) is 1. The summed E-state index contributed by atoms with van der Waals surface area (Å²) in [7, 11) is -3.29. The largest absolute Gasteiger partial charge is 0.352 e. The van der Waals surface area contributed by atoms with Crippen LogP contribution in [0.3, 0.4) is 0 Å². The Bertz CT molecular complexity index is 643. The van der Waals surface area contributed by atoms with E-state index in [9.17, 15) is 13.2 Å². The lowest BCUT2D eigenvalue weighted by molar-refractivity contribution is -0.126. The first-order valence-corrected chi connectivity index (χ1v) is 10.3. The number of benzene rings is 1. The molecule has 1 saturated heterocycles. The predicted octanol–water partition coefficient (Wildman–Crippen LogP) is 2.18. The van der Waals surface area contributed by atoms with E-state index in [1.165, 1.54) is 9.87 Å². The van der Waals surface area contributed by atoms with Crippen molar-refractivity contribution in [3.63, 3.8) is 0 Å². The molecule has 0 unspecified atom stereocenters. The summed E-state index contributed by atoms with van der Waals surface area (Å²) in [5.74, 6) is -0.0946. The lowest BCUT2D eigenvalue weighted by Gasteiger charge is -2.29. The van der Waals surface area contributed by atoms with Crippen LogP contribution in [0.1, 0.15) is 39.2 Å². The molecular formula is C18H28N2O3S. The first-order chi connectivity index (χ1) is 11.3. The standard InChI is InChI=1S/C18H28N2O3S/c1-14(2)17(20-12-7-13-24(20,22)23)18(21)19-15(3)10-11-16-8-5-4-6-9-16/h4-6,8-9,14-15,17H,7,10-13H2,1-3H3,(H,19,21)/t15-,17-/m0/s1. The molecule has 0 radical (unpaired) electrons. The van der Waals surface area contributed by atoms with Gasteiger partial charge in [-0.1, -0.05) is 44.2 Å². The van der Waals surface area contributed by atoms with Crippen molar-refractivity contribution in [1.29, 1.82) is 0 Å². The monoisotopic (exact) mass is 352 g/mol. The third-order valence-corrected chi connectivity index (χ3v) is 6.37. The molecule has 24 heavy (non-hydrogen) atoms. The van der Waals surface area contributed by atoms with Gasteiger partial charge >= 0.3 is 0 Å². The maximum absolute atomic E-state index is 12.7. The van der Waals surface area contributed by atoms with Crippen molar-refractivity contribution in [3.05, 3.63) is 35.9 Å². The van der Waals surface area contributed by atoms with Gasteiger partial charge in [0.1, 0.15) is 6.04 Å². The number of carbonyl (C=O) groups is 1. The zero-order chi connectivity index (χ0) is 17.7. The number of aryl methyl sites for hydroxylation is 1. The third kappa shape index (κ3) is 4.80. The average Bonchev–Trinajstić information content (AvgIpc) is 2.85. The molecule has 2 atom stereocenters. The Labute approximate surface area is 145 Å². The number of rotatable bonds is 7. The number of carbonyl (C=O) groups excluding carboxylic acids is 1. The third-order valence-electron chi connectivity index (χ3n) is 4.45. The number of hydrogen-bond acceptors (Lipinski definition) is 3. The summed E-state index contributed by atoms with van der Waals surface area (Å²) in [6.45, 7) is 6.20. The van der Waals surface area contributed by atoms with Crippen LogP contribution in [0.2, 0.25) is 0 Å². The van der Waals surface area contributed by atoms with E-state index >= 15 is 0 Å². The van der Waals surface area contributed by atoms with Crippen LogP contribution < -0.4 is 5.32 Å². The van der Waals surface area contributed by atoms with Crippen molar-refractivity contribution in [2.24, 2.45) is 5.92 Å². The fourth-order valence-corrected chi connectivity index (χ4v) is 4.99. The van der Waals surface area contributed by atoms with E-state index in [4.69, 9.17) is 0 Å². The van der Waals surface area contributed by atoms with Crippen LogP contribution >= 0.6 is 0 Å². The molecule has 2 rings (SSSR count). The molecule has 0 spiro atoms. The molecule has 1 heterocycles. The van der Waals surface area contributed by atoms with Crippen molar-refractivity contribution >= 4 is 15.9 Å². The van der Waals surface area contributed by atoms with E-state index in [1.807, 2.05) is 39.0 Å². The molecular weight excluding hydrogens is 324 g/mol. The Hall–Kier alpha value is -1.40. The lowest BCUT2D eigenvalue weighted by atomic mass is 10.0. The van der Waals surface area contributed by atoms with E-state index in [-0.39, 0.29) is 23.6 Å². The van der Waals surface area contributed by atoms with Gasteiger partial charge in [0, 0.05) is 12.6 Å².